The molecule has 12 heavy (non-hydrogen) atoms. The molecule has 0 amide bonds. The molecule has 1 aromatic heterocycles. The normalized spacial score (nSPS) is 15.8. The summed E-state index contributed by atoms with van der Waals surface area (Å²) in [7, 11) is 0. The van der Waals surface area contributed by atoms with Crippen molar-refractivity contribution in [3.05, 3.63) is 33.7 Å². The molecule has 1 N–H and O–H groups in total. The maximum Gasteiger partial charge on any atom is 0.192 e. The average Bonchev–Trinajstić information content (AvgIpc) is 2.04. The number of pyridine rings is 1. The minimum absolute atomic E-state index is 0.0156. The van der Waals surface area contributed by atoms with Gasteiger partial charge in [0.2, 0.25) is 0 Å². The highest BCUT2D eigenvalue weighted by atomic mass is 16.1. The first-order valence-corrected chi connectivity index (χ1v) is 4.03. The van der Waals surface area contributed by atoms with Gasteiger partial charge in [-0.3, -0.25) is 9.59 Å². The van der Waals surface area contributed by atoms with Crippen LogP contribution in [0.25, 0.3) is 0 Å². The second kappa shape index (κ2) is 2.59. The van der Waals surface area contributed by atoms with Crippen LogP contribution in [0.2, 0.25) is 0 Å². The van der Waals surface area contributed by atoms with E-state index in [1.165, 1.54) is 6.07 Å². The Morgan fingerprint density at radius 2 is 2.08 bits per heavy atom. The van der Waals surface area contributed by atoms with Gasteiger partial charge in [0.05, 0.1) is 5.56 Å². The van der Waals surface area contributed by atoms with Crippen LogP contribution in [0.1, 0.15) is 28.9 Å². The topological polar surface area (TPSA) is 49.9 Å². The Morgan fingerprint density at radius 1 is 1.25 bits per heavy atom. The number of ketones is 1. The maximum absolute atomic E-state index is 11.3. The van der Waals surface area contributed by atoms with E-state index in [1.54, 1.807) is 6.20 Å². The number of Topliss-reactive ketones (excluding diaryl/α,β-unsaturated/α-hetero) is 1. The Hall–Kier alpha value is -1.38. The Kier molecular flexibility index (Phi) is 1.57. The molecule has 1 heterocycles. The number of fused-ring (bicyclic) bond motifs is 1. The summed E-state index contributed by atoms with van der Waals surface area (Å²) in [6.07, 6.45) is 3.78. The van der Waals surface area contributed by atoms with Crippen molar-refractivity contribution in [2.75, 3.05) is 0 Å². The molecule has 0 saturated heterocycles. The van der Waals surface area contributed by atoms with E-state index in [2.05, 4.69) is 4.98 Å². The molecule has 0 bridgehead atoms. The second-order valence-corrected chi connectivity index (χ2v) is 2.97. The number of aryl methyl sites for hydroxylation is 1. The second-order valence-electron chi connectivity index (χ2n) is 2.97. The van der Waals surface area contributed by atoms with Crippen LogP contribution in [-0.4, -0.2) is 10.8 Å². The lowest BCUT2D eigenvalue weighted by Crippen LogP contribution is -2.22. The first-order valence-electron chi connectivity index (χ1n) is 4.03. The molecule has 3 nitrogen and oxygen atoms in total. The van der Waals surface area contributed by atoms with Crippen molar-refractivity contribution in [1.29, 1.82) is 0 Å². The smallest absolute Gasteiger partial charge is 0.192 e. The van der Waals surface area contributed by atoms with Crippen molar-refractivity contribution in [2.24, 2.45) is 0 Å². The summed E-state index contributed by atoms with van der Waals surface area (Å²) < 4.78 is 0. The van der Waals surface area contributed by atoms with Crippen LogP contribution in [0.3, 0.4) is 0 Å². The van der Waals surface area contributed by atoms with Gasteiger partial charge in [-0.05, 0) is 12.8 Å². The number of hydrogen-bond acceptors (Lipinski definition) is 2. The fraction of sp³-hybridized carbons (Fsp3) is 0.333. The molecule has 1 aliphatic rings. The standard InChI is InChI=1S/C9H9NO2/c11-7-3-1-2-6-9(7)8(12)4-5-10-6/h4-5H,1-3H2,(H,10,12). The number of nitrogens with one attached hydrogen (secondary N) is 1. The van der Waals surface area contributed by atoms with Crippen LogP contribution in [0, 0.1) is 0 Å². The fourth-order valence-electron chi connectivity index (χ4n) is 1.58. The molecule has 62 valence electrons. The van der Waals surface area contributed by atoms with Gasteiger partial charge in [0.15, 0.2) is 11.2 Å². The largest absolute Gasteiger partial charge is 0.364 e. The average molecular weight is 163 g/mol. The monoisotopic (exact) mass is 163 g/mol. The number of aromatic nitrogens is 1. The molecule has 0 fully saturated rings. The molecule has 0 atom stereocenters. The first kappa shape index (κ1) is 7.28. The van der Waals surface area contributed by atoms with E-state index in [4.69, 9.17) is 0 Å². The van der Waals surface area contributed by atoms with Gasteiger partial charge >= 0.3 is 0 Å². The summed E-state index contributed by atoms with van der Waals surface area (Å²) in [5.41, 5.74) is 1.04. The van der Waals surface area contributed by atoms with Crippen molar-refractivity contribution in [3.8, 4) is 0 Å². The van der Waals surface area contributed by atoms with E-state index in [9.17, 15) is 9.59 Å². The van der Waals surface area contributed by atoms with E-state index >= 15 is 0 Å². The lowest BCUT2D eigenvalue weighted by atomic mass is 9.95. The van der Waals surface area contributed by atoms with Crippen LogP contribution in [0.4, 0.5) is 0 Å². The van der Waals surface area contributed by atoms with Gasteiger partial charge in [0.25, 0.3) is 0 Å². The quantitative estimate of drug-likeness (QED) is 0.617. The summed E-state index contributed by atoms with van der Waals surface area (Å²) in [6.45, 7) is 0. The van der Waals surface area contributed by atoms with Crippen molar-refractivity contribution >= 4 is 5.78 Å². The zero-order valence-electron chi connectivity index (χ0n) is 6.59. The molecule has 2 rings (SSSR count). The first-order chi connectivity index (χ1) is 5.79. The van der Waals surface area contributed by atoms with E-state index in [-0.39, 0.29) is 11.2 Å². The van der Waals surface area contributed by atoms with Gasteiger partial charge < -0.3 is 4.98 Å². The van der Waals surface area contributed by atoms with Crippen molar-refractivity contribution in [1.82, 2.24) is 4.98 Å². The highest BCUT2D eigenvalue weighted by molar-refractivity contribution is 5.97. The third-order valence-corrected chi connectivity index (χ3v) is 2.15. The molecule has 0 saturated carbocycles. The van der Waals surface area contributed by atoms with Crippen molar-refractivity contribution in [2.45, 2.75) is 19.3 Å². The summed E-state index contributed by atoms with van der Waals surface area (Å²) in [5, 5.41) is 0. The molecular formula is C9H9NO2. The zero-order valence-corrected chi connectivity index (χ0v) is 6.59. The number of carbonyl (C=O) groups is 1. The SMILES string of the molecule is O=C1CCCc2[nH]ccc(=O)c21. The summed E-state index contributed by atoms with van der Waals surface area (Å²) in [4.78, 5) is 25.5. The molecule has 0 unspecified atom stereocenters. The van der Waals surface area contributed by atoms with Gasteiger partial charge in [0, 0.05) is 24.4 Å². The number of aromatic amines is 1. The molecule has 1 aliphatic carbocycles. The van der Waals surface area contributed by atoms with Gasteiger partial charge in [-0.15, -0.1) is 0 Å². The Balaban J connectivity index is 2.69. The lowest BCUT2D eigenvalue weighted by Gasteiger charge is -2.12. The van der Waals surface area contributed by atoms with Gasteiger partial charge in [0.1, 0.15) is 0 Å². The lowest BCUT2D eigenvalue weighted by molar-refractivity contribution is 0.0970. The molecule has 0 aliphatic heterocycles. The van der Waals surface area contributed by atoms with E-state index in [1.807, 2.05) is 0 Å². The summed E-state index contributed by atoms with van der Waals surface area (Å²) in [5.74, 6) is -0.0156. The highest BCUT2D eigenvalue weighted by Crippen LogP contribution is 2.14. The number of rotatable bonds is 0. The van der Waals surface area contributed by atoms with E-state index < -0.39 is 0 Å². The van der Waals surface area contributed by atoms with Crippen LogP contribution in [0.5, 0.6) is 0 Å². The predicted molar refractivity (Wildman–Crippen MR) is 44.3 cm³/mol. The number of hydrogen-bond donors (Lipinski definition) is 1. The molecule has 0 spiro atoms. The van der Waals surface area contributed by atoms with Crippen LogP contribution >= 0.6 is 0 Å². The van der Waals surface area contributed by atoms with E-state index in [0.29, 0.717) is 12.0 Å². The Labute approximate surface area is 69.4 Å². The fourth-order valence-corrected chi connectivity index (χ4v) is 1.58. The van der Waals surface area contributed by atoms with Crippen LogP contribution < -0.4 is 5.43 Å². The molecule has 3 heteroatoms. The highest BCUT2D eigenvalue weighted by Gasteiger charge is 2.19. The van der Waals surface area contributed by atoms with Crippen LogP contribution in [0.15, 0.2) is 17.1 Å². The molecule has 1 aromatic rings. The number of carbonyl (C=O) groups excluding carboxylic acids is 1. The van der Waals surface area contributed by atoms with Gasteiger partial charge in [-0.1, -0.05) is 0 Å². The van der Waals surface area contributed by atoms with Crippen LogP contribution in [-0.2, 0) is 6.42 Å². The van der Waals surface area contributed by atoms with Crippen molar-refractivity contribution in [3.63, 3.8) is 0 Å². The third-order valence-electron chi connectivity index (χ3n) is 2.15. The minimum atomic E-state index is -0.145. The molecule has 0 radical (unpaired) electrons. The predicted octanol–water partition coefficient (Wildman–Crippen LogP) is 0.894. The molecular weight excluding hydrogens is 154 g/mol. The molecule has 0 aromatic carbocycles. The minimum Gasteiger partial charge on any atom is -0.364 e. The third kappa shape index (κ3) is 0.978. The maximum atomic E-state index is 11.3. The van der Waals surface area contributed by atoms with Gasteiger partial charge in [-0.25, -0.2) is 0 Å². The summed E-state index contributed by atoms with van der Waals surface area (Å²) in [6, 6.07) is 1.40. The van der Waals surface area contributed by atoms with Gasteiger partial charge in [-0.2, -0.15) is 0 Å². The Bertz CT molecular complexity index is 378. The Morgan fingerprint density at radius 3 is 2.83 bits per heavy atom. The zero-order chi connectivity index (χ0) is 8.55. The summed E-state index contributed by atoms with van der Waals surface area (Å²) >= 11 is 0. The van der Waals surface area contributed by atoms with Crippen molar-refractivity contribution < 1.29 is 4.79 Å². The number of H-pyrrole nitrogens is 1. The van der Waals surface area contributed by atoms with E-state index in [0.717, 1.165) is 18.5 Å².